The minimum atomic E-state index is -3.83. The zero-order valence-corrected chi connectivity index (χ0v) is 41.0. The number of hydrogen-bond acceptors (Lipinski definition) is 12. The number of aliphatic carboxylic acids is 1. The van der Waals surface area contributed by atoms with Crippen LogP contribution in [-0.4, -0.2) is 119 Å². The molecule has 2 unspecified atom stereocenters. The number of aromatic nitrogens is 2. The number of sulfonamides is 1. The summed E-state index contributed by atoms with van der Waals surface area (Å²) in [5.41, 5.74) is 0.377. The van der Waals surface area contributed by atoms with E-state index < -0.39 is 74.9 Å². The number of allylic oxidation sites excluding steroid dienone is 1. The van der Waals surface area contributed by atoms with Crippen molar-refractivity contribution in [1.29, 1.82) is 0 Å². The number of rotatable bonds is 11. The fraction of sp³-hybridized carbons (Fsp3) is 0.510. The molecule has 364 valence electrons. The zero-order chi connectivity index (χ0) is 48.5. The van der Waals surface area contributed by atoms with Crippen LogP contribution in [0.3, 0.4) is 0 Å². The number of amides is 4. The number of carbonyl (C=O) groups excluding carboxylic acids is 3. The standard InChI is InChI=1S/C49H62N8O9S2/c1-29(2)50-47-53-38(28-67-47)37-24-40(34-19-18-32(65-6)22-36(34)51-37)66-33-23-39-43(58)55-49(45(60)61)25-31(49)15-10-8-7-9-11-16-35(44(59)57(39)26-33)52-46(62)54-42(48(3,4)5)27-56-21-20-30-14-12-13-17-41(30)68(56,63)64/h10,12-15,17-19,22,24,28-29,31,33,35,39,42H,7-9,11,16,20-21,23,25-27H2,1-6H3,(H,50,53)(H,55,58)(H,60,61)(H2,52,54,62)/b15-10-/t31?,33-,35+,39+,42?,49-/m1/s1. The van der Waals surface area contributed by atoms with E-state index in [0.717, 1.165) is 23.5 Å². The topological polar surface area (TPSA) is 221 Å². The minimum absolute atomic E-state index is 0.0100. The maximum atomic E-state index is 15.0. The monoisotopic (exact) mass is 970 g/mol. The number of carbonyl (C=O) groups is 4. The van der Waals surface area contributed by atoms with E-state index >= 15 is 4.79 Å². The molecular formula is C49H62N8O9S2. The van der Waals surface area contributed by atoms with Gasteiger partial charge in [-0.2, -0.15) is 4.31 Å². The molecule has 1 saturated carbocycles. The second-order valence-electron chi connectivity index (χ2n) is 19.7. The van der Waals surface area contributed by atoms with Crippen LogP contribution in [0.1, 0.15) is 85.1 Å². The summed E-state index contributed by atoms with van der Waals surface area (Å²) in [6.07, 6.45) is 6.87. The number of fused-ring (bicyclic) bond motifs is 4. The Labute approximate surface area is 401 Å². The number of nitrogens with zero attached hydrogens (tertiary/aromatic N) is 4. The highest BCUT2D eigenvalue weighted by molar-refractivity contribution is 7.89. The van der Waals surface area contributed by atoms with E-state index in [1.54, 1.807) is 37.4 Å². The zero-order valence-electron chi connectivity index (χ0n) is 39.4. The largest absolute Gasteiger partial charge is 0.497 e. The van der Waals surface area contributed by atoms with Gasteiger partial charge in [0.05, 0.1) is 29.8 Å². The van der Waals surface area contributed by atoms with Crippen LogP contribution in [0.4, 0.5) is 9.93 Å². The Morgan fingerprint density at radius 1 is 1.06 bits per heavy atom. The number of pyridine rings is 1. The SMILES string of the molecule is COc1ccc2c(O[C@@H]3C[C@H]4C(=O)N[C@]5(C(=O)O)CC5/C=C\CCCCC[C@H](NC(=O)NC(CN5CCc6ccccc6S5(=O)=O)C(C)(C)C)C(=O)N4C3)cc(-c3csc(NC(C)C)n3)nc2c1. The van der Waals surface area contributed by atoms with Crippen LogP contribution in [0.15, 0.2) is 71.0 Å². The molecule has 2 fully saturated rings. The van der Waals surface area contributed by atoms with Gasteiger partial charge in [0.2, 0.25) is 21.8 Å². The Hall–Kier alpha value is -5.79. The number of carboxylic acids is 1. The molecular weight excluding hydrogens is 909 g/mol. The lowest BCUT2D eigenvalue weighted by atomic mass is 9.86. The van der Waals surface area contributed by atoms with Crippen molar-refractivity contribution in [3.05, 3.63) is 71.6 Å². The molecule has 19 heteroatoms. The normalized spacial score (nSPS) is 25.1. The van der Waals surface area contributed by atoms with Crippen molar-refractivity contribution in [2.75, 3.05) is 32.1 Å². The summed E-state index contributed by atoms with van der Waals surface area (Å²) in [4.78, 5) is 67.8. The molecule has 6 atom stereocenters. The number of urea groups is 1. The van der Waals surface area contributed by atoms with Gasteiger partial charge in [-0.1, -0.05) is 64.0 Å². The Kier molecular flexibility index (Phi) is 14.1. The lowest BCUT2D eigenvalue weighted by Gasteiger charge is -2.37. The number of anilines is 1. The third-order valence-electron chi connectivity index (χ3n) is 13.3. The number of hydrogen-bond donors (Lipinski definition) is 5. The molecule has 0 spiro atoms. The molecule has 2 aromatic heterocycles. The highest BCUT2D eigenvalue weighted by Gasteiger charge is 2.61. The first kappa shape index (κ1) is 48.7. The number of benzene rings is 2. The van der Waals surface area contributed by atoms with Crippen molar-refractivity contribution < 1.29 is 42.2 Å². The van der Waals surface area contributed by atoms with Crippen LogP contribution >= 0.6 is 11.3 Å². The van der Waals surface area contributed by atoms with Crippen molar-refractivity contribution in [1.82, 2.24) is 35.1 Å². The molecule has 17 nitrogen and oxygen atoms in total. The molecule has 4 amide bonds. The van der Waals surface area contributed by atoms with E-state index in [4.69, 9.17) is 19.4 Å². The minimum Gasteiger partial charge on any atom is -0.497 e. The van der Waals surface area contributed by atoms with E-state index in [2.05, 4.69) is 21.3 Å². The lowest BCUT2D eigenvalue weighted by Crippen LogP contribution is -2.59. The van der Waals surface area contributed by atoms with E-state index in [0.29, 0.717) is 53.1 Å². The summed E-state index contributed by atoms with van der Waals surface area (Å²) in [6, 6.07) is 10.8. The van der Waals surface area contributed by atoms with E-state index in [1.165, 1.54) is 20.5 Å². The molecule has 5 N–H and O–H groups in total. The third kappa shape index (κ3) is 10.4. The number of carboxylic acid groups (broad SMARTS) is 1. The maximum absolute atomic E-state index is 15.0. The van der Waals surface area contributed by atoms with Crippen molar-refractivity contribution >= 4 is 61.2 Å². The van der Waals surface area contributed by atoms with Gasteiger partial charge in [0.25, 0.3) is 0 Å². The Morgan fingerprint density at radius 2 is 1.85 bits per heavy atom. The number of thiazole rings is 1. The van der Waals surface area contributed by atoms with Gasteiger partial charge in [-0.25, -0.2) is 28.0 Å². The van der Waals surface area contributed by atoms with Gasteiger partial charge >= 0.3 is 12.0 Å². The number of ether oxygens (including phenoxy) is 2. The van der Waals surface area contributed by atoms with Crippen LogP contribution < -0.4 is 30.7 Å². The molecule has 1 aliphatic carbocycles. The van der Waals surface area contributed by atoms with Gasteiger partial charge in [0.15, 0.2) is 5.13 Å². The summed E-state index contributed by atoms with van der Waals surface area (Å²) in [5, 5.41) is 25.8. The second-order valence-corrected chi connectivity index (χ2v) is 22.4. The van der Waals surface area contributed by atoms with E-state index in [9.17, 15) is 27.9 Å². The lowest BCUT2D eigenvalue weighted by molar-refractivity contribution is -0.145. The highest BCUT2D eigenvalue weighted by Crippen LogP contribution is 2.46. The number of methoxy groups -OCH3 is 1. The average molecular weight is 971 g/mol. The summed E-state index contributed by atoms with van der Waals surface area (Å²) < 4.78 is 41.3. The first-order chi connectivity index (χ1) is 32.4. The van der Waals surface area contributed by atoms with Gasteiger partial charge in [-0.05, 0) is 75.1 Å². The Morgan fingerprint density at radius 3 is 2.60 bits per heavy atom. The predicted octanol–water partition coefficient (Wildman–Crippen LogP) is 6.34. The third-order valence-corrected chi connectivity index (χ3v) is 16.1. The van der Waals surface area contributed by atoms with Crippen LogP contribution in [-0.2, 0) is 30.8 Å². The molecule has 4 aliphatic rings. The quantitative estimate of drug-likeness (QED) is 0.104. The van der Waals surface area contributed by atoms with E-state index in [-0.39, 0.29) is 49.8 Å². The molecule has 3 aliphatic heterocycles. The molecule has 68 heavy (non-hydrogen) atoms. The van der Waals surface area contributed by atoms with Crippen molar-refractivity contribution in [3.63, 3.8) is 0 Å². The van der Waals surface area contributed by atoms with Crippen LogP contribution in [0.2, 0.25) is 0 Å². The molecule has 2 aromatic carbocycles. The highest BCUT2D eigenvalue weighted by atomic mass is 32.2. The van der Waals surface area contributed by atoms with Crippen molar-refractivity contribution in [3.8, 4) is 22.9 Å². The second kappa shape index (κ2) is 19.7. The summed E-state index contributed by atoms with van der Waals surface area (Å²) in [7, 11) is -2.27. The predicted molar refractivity (Wildman–Crippen MR) is 259 cm³/mol. The molecule has 5 heterocycles. The first-order valence-electron chi connectivity index (χ1n) is 23.4. The van der Waals surface area contributed by atoms with Crippen LogP contribution in [0.25, 0.3) is 22.3 Å². The van der Waals surface area contributed by atoms with Gasteiger partial charge in [-0.3, -0.25) is 9.59 Å². The molecule has 4 aromatic rings. The summed E-state index contributed by atoms with van der Waals surface area (Å²) in [6.45, 7) is 10.0. The molecule has 8 rings (SSSR count). The van der Waals surface area contributed by atoms with Crippen molar-refractivity contribution in [2.45, 2.75) is 127 Å². The van der Waals surface area contributed by atoms with Gasteiger partial charge in [0, 0.05) is 60.4 Å². The van der Waals surface area contributed by atoms with Gasteiger partial charge in [-0.15, -0.1) is 11.3 Å². The Bertz CT molecular complexity index is 2700. The van der Waals surface area contributed by atoms with Crippen LogP contribution in [0, 0.1) is 11.3 Å². The average Bonchev–Trinajstić information content (AvgIpc) is 3.55. The smallest absolute Gasteiger partial charge is 0.330 e. The van der Waals surface area contributed by atoms with Gasteiger partial charge in [0.1, 0.15) is 40.9 Å². The maximum Gasteiger partial charge on any atom is 0.330 e. The number of nitrogens with one attached hydrogen (secondary N) is 4. The summed E-state index contributed by atoms with van der Waals surface area (Å²) in [5.74, 6) is -1.68. The molecule has 1 saturated heterocycles. The van der Waals surface area contributed by atoms with E-state index in [1.807, 2.05) is 70.3 Å². The first-order valence-corrected chi connectivity index (χ1v) is 25.7. The Balaban J connectivity index is 1.08. The fourth-order valence-electron chi connectivity index (χ4n) is 9.32. The molecule has 0 radical (unpaired) electrons. The van der Waals surface area contributed by atoms with Crippen LogP contribution in [0.5, 0.6) is 11.5 Å². The van der Waals surface area contributed by atoms with Gasteiger partial charge < -0.3 is 40.7 Å². The molecule has 0 bridgehead atoms. The fourth-order valence-corrected chi connectivity index (χ4v) is 11.9. The van der Waals surface area contributed by atoms with Crippen molar-refractivity contribution in [2.24, 2.45) is 11.3 Å². The summed E-state index contributed by atoms with van der Waals surface area (Å²) >= 11 is 1.45.